The van der Waals surface area contributed by atoms with Crippen LogP contribution >= 0.6 is 0 Å². The Kier molecular flexibility index (Phi) is 4.41. The number of sulfone groups is 1. The Morgan fingerprint density at radius 1 is 1.19 bits per heavy atom. The van der Waals surface area contributed by atoms with Gasteiger partial charge in [0.05, 0.1) is 31.4 Å². The number of hydrogen-bond donors (Lipinski definition) is 1. The lowest BCUT2D eigenvalue weighted by Gasteiger charge is -2.36. The molecule has 0 bridgehead atoms. The Morgan fingerprint density at radius 2 is 1.81 bits per heavy atom. The van der Waals surface area contributed by atoms with Crippen LogP contribution in [-0.4, -0.2) is 45.7 Å². The summed E-state index contributed by atoms with van der Waals surface area (Å²) < 4.78 is 33.4. The first-order chi connectivity index (χ1) is 9.92. The molecule has 1 aliphatic heterocycles. The molecule has 1 N–H and O–H groups in total. The van der Waals surface area contributed by atoms with Gasteiger partial charge in [-0.05, 0) is 25.0 Å². The van der Waals surface area contributed by atoms with Crippen molar-refractivity contribution in [3.63, 3.8) is 0 Å². The van der Waals surface area contributed by atoms with Crippen molar-refractivity contribution in [2.75, 3.05) is 31.0 Å². The van der Waals surface area contributed by atoms with Crippen LogP contribution in [0.3, 0.4) is 0 Å². The molecule has 0 saturated carbocycles. The van der Waals surface area contributed by atoms with Crippen LogP contribution in [0.5, 0.6) is 5.75 Å². The Labute approximate surface area is 124 Å². The summed E-state index contributed by atoms with van der Waals surface area (Å²) in [7, 11) is -0.242. The summed E-state index contributed by atoms with van der Waals surface area (Å²) in [6.07, 6.45) is 0.361. The zero-order chi connectivity index (χ0) is 15.5. The number of benzene rings is 1. The second kappa shape index (κ2) is 5.93. The van der Waals surface area contributed by atoms with Gasteiger partial charge in [-0.15, -0.1) is 0 Å². The van der Waals surface area contributed by atoms with E-state index in [-0.39, 0.29) is 24.3 Å². The van der Waals surface area contributed by atoms with E-state index in [0.29, 0.717) is 11.4 Å². The topological polar surface area (TPSA) is 81.7 Å². The van der Waals surface area contributed by atoms with E-state index in [0.717, 1.165) is 0 Å². The molecule has 21 heavy (non-hydrogen) atoms. The van der Waals surface area contributed by atoms with Gasteiger partial charge in [-0.25, -0.2) is 13.2 Å². The van der Waals surface area contributed by atoms with Gasteiger partial charge in [0.1, 0.15) is 11.3 Å². The van der Waals surface area contributed by atoms with Crippen LogP contribution in [0, 0.1) is 0 Å². The average molecular weight is 313 g/mol. The van der Waals surface area contributed by atoms with Crippen molar-refractivity contribution >= 4 is 21.5 Å². The molecule has 2 rings (SSSR count). The third kappa shape index (κ3) is 3.29. The van der Waals surface area contributed by atoms with Crippen molar-refractivity contribution in [3.05, 3.63) is 24.3 Å². The third-order valence-electron chi connectivity index (χ3n) is 3.74. The Bertz CT molecular complexity index is 612. The lowest BCUT2D eigenvalue weighted by molar-refractivity contribution is -0.146. The summed E-state index contributed by atoms with van der Waals surface area (Å²) in [5.74, 6) is 0.0617. The largest absolute Gasteiger partial charge is 0.495 e. The van der Waals surface area contributed by atoms with Gasteiger partial charge < -0.3 is 14.8 Å². The molecule has 0 aliphatic carbocycles. The molecule has 1 fully saturated rings. The molecule has 7 heteroatoms. The summed E-state index contributed by atoms with van der Waals surface area (Å²) in [5, 5.41) is 3.14. The second-order valence-electron chi connectivity index (χ2n) is 5.05. The van der Waals surface area contributed by atoms with E-state index in [2.05, 4.69) is 5.32 Å². The smallest absolute Gasteiger partial charge is 0.331 e. The van der Waals surface area contributed by atoms with Crippen LogP contribution in [0.25, 0.3) is 0 Å². The summed E-state index contributed by atoms with van der Waals surface area (Å²) >= 11 is 0. The van der Waals surface area contributed by atoms with E-state index in [4.69, 9.17) is 9.47 Å². The standard InChI is InChI=1S/C14H19NO5S/c1-19-12-6-4-3-5-11(12)15-14(13(16)20-2)7-9-21(17,18)10-8-14/h3-6,15H,7-10H2,1-2H3. The first-order valence-electron chi connectivity index (χ1n) is 6.62. The number of carbonyl (C=O) groups is 1. The maximum atomic E-state index is 12.2. The lowest BCUT2D eigenvalue weighted by Crippen LogP contribution is -2.52. The summed E-state index contributed by atoms with van der Waals surface area (Å²) in [4.78, 5) is 12.2. The lowest BCUT2D eigenvalue weighted by atomic mass is 9.91. The highest BCUT2D eigenvalue weighted by Gasteiger charge is 2.45. The molecule has 0 spiro atoms. The molecule has 1 heterocycles. The van der Waals surface area contributed by atoms with Crippen molar-refractivity contribution in [3.8, 4) is 5.75 Å². The highest BCUT2D eigenvalue weighted by atomic mass is 32.2. The minimum atomic E-state index is -3.08. The van der Waals surface area contributed by atoms with Gasteiger partial charge in [0.25, 0.3) is 0 Å². The van der Waals surface area contributed by atoms with E-state index in [1.807, 2.05) is 12.1 Å². The van der Waals surface area contributed by atoms with Crippen LogP contribution < -0.4 is 10.1 Å². The van der Waals surface area contributed by atoms with Gasteiger partial charge in [-0.3, -0.25) is 0 Å². The monoisotopic (exact) mass is 313 g/mol. The summed E-state index contributed by atoms with van der Waals surface area (Å²) in [6.45, 7) is 0. The van der Waals surface area contributed by atoms with Gasteiger partial charge >= 0.3 is 5.97 Å². The molecule has 0 aromatic heterocycles. The fourth-order valence-electron chi connectivity index (χ4n) is 2.47. The van der Waals surface area contributed by atoms with Gasteiger partial charge in [-0.2, -0.15) is 0 Å². The Hall–Kier alpha value is -1.76. The van der Waals surface area contributed by atoms with E-state index >= 15 is 0 Å². The number of methoxy groups -OCH3 is 2. The number of esters is 1. The molecule has 116 valence electrons. The van der Waals surface area contributed by atoms with Gasteiger partial charge in [0.2, 0.25) is 0 Å². The highest BCUT2D eigenvalue weighted by molar-refractivity contribution is 7.91. The van der Waals surface area contributed by atoms with Crippen LogP contribution in [0.1, 0.15) is 12.8 Å². The van der Waals surface area contributed by atoms with Gasteiger partial charge in [0, 0.05) is 0 Å². The SMILES string of the molecule is COC(=O)C1(Nc2ccccc2OC)CCS(=O)(=O)CC1. The number of rotatable bonds is 4. The fraction of sp³-hybridized carbons (Fsp3) is 0.500. The summed E-state index contributed by atoms with van der Waals surface area (Å²) in [5.41, 5.74) is -0.390. The number of nitrogens with one attached hydrogen (secondary N) is 1. The molecule has 0 unspecified atom stereocenters. The number of para-hydroxylation sites is 2. The van der Waals surface area contributed by atoms with Gasteiger partial charge in [0.15, 0.2) is 9.84 Å². The van der Waals surface area contributed by atoms with Crippen molar-refractivity contribution < 1.29 is 22.7 Å². The van der Waals surface area contributed by atoms with E-state index in [9.17, 15) is 13.2 Å². The summed E-state index contributed by atoms with van der Waals surface area (Å²) in [6, 6.07) is 7.19. The predicted octanol–water partition coefficient (Wildman–Crippen LogP) is 1.23. The van der Waals surface area contributed by atoms with Crippen LogP contribution in [-0.2, 0) is 19.4 Å². The van der Waals surface area contributed by atoms with E-state index in [1.54, 1.807) is 12.1 Å². The molecule has 0 radical (unpaired) electrons. The minimum absolute atomic E-state index is 0.0375. The molecular weight excluding hydrogens is 294 g/mol. The number of ether oxygens (including phenoxy) is 2. The number of hydrogen-bond acceptors (Lipinski definition) is 6. The van der Waals surface area contributed by atoms with Crippen molar-refractivity contribution in [2.24, 2.45) is 0 Å². The molecule has 0 atom stereocenters. The molecule has 6 nitrogen and oxygen atoms in total. The maximum absolute atomic E-state index is 12.2. The van der Waals surface area contributed by atoms with Crippen molar-refractivity contribution in [2.45, 2.75) is 18.4 Å². The van der Waals surface area contributed by atoms with Crippen LogP contribution in [0.15, 0.2) is 24.3 Å². The van der Waals surface area contributed by atoms with Crippen LogP contribution in [0.2, 0.25) is 0 Å². The molecule has 1 aliphatic rings. The number of anilines is 1. The Balaban J connectivity index is 2.32. The maximum Gasteiger partial charge on any atom is 0.331 e. The van der Waals surface area contributed by atoms with E-state index in [1.165, 1.54) is 14.2 Å². The zero-order valence-corrected chi connectivity index (χ0v) is 12.9. The fourth-order valence-corrected chi connectivity index (χ4v) is 3.99. The molecule has 1 saturated heterocycles. The minimum Gasteiger partial charge on any atom is -0.495 e. The van der Waals surface area contributed by atoms with Gasteiger partial charge in [-0.1, -0.05) is 12.1 Å². The van der Waals surface area contributed by atoms with Crippen molar-refractivity contribution in [1.29, 1.82) is 0 Å². The Morgan fingerprint density at radius 3 is 2.38 bits per heavy atom. The molecule has 1 aromatic rings. The van der Waals surface area contributed by atoms with Crippen LogP contribution in [0.4, 0.5) is 5.69 Å². The first-order valence-corrected chi connectivity index (χ1v) is 8.45. The molecule has 0 amide bonds. The quantitative estimate of drug-likeness (QED) is 0.842. The molecule has 1 aromatic carbocycles. The van der Waals surface area contributed by atoms with E-state index < -0.39 is 21.3 Å². The van der Waals surface area contributed by atoms with Crippen molar-refractivity contribution in [1.82, 2.24) is 0 Å². The highest BCUT2D eigenvalue weighted by Crippen LogP contribution is 2.33. The normalized spacial score (nSPS) is 19.5. The third-order valence-corrected chi connectivity index (χ3v) is 5.39. The average Bonchev–Trinajstić information content (AvgIpc) is 2.49. The zero-order valence-electron chi connectivity index (χ0n) is 12.1. The molecular formula is C14H19NO5S. The predicted molar refractivity (Wildman–Crippen MR) is 79.3 cm³/mol. The first kappa shape index (κ1) is 15.6. The number of carbonyl (C=O) groups excluding carboxylic acids is 1. The second-order valence-corrected chi connectivity index (χ2v) is 7.35.